The van der Waals surface area contributed by atoms with Crippen LogP contribution in [0.3, 0.4) is 0 Å². The molecule has 3 rings (SSSR count). The van der Waals surface area contributed by atoms with Gasteiger partial charge in [0, 0.05) is 31.9 Å². The Balaban J connectivity index is 0.000000377. The number of piperazine rings is 1. The lowest BCUT2D eigenvalue weighted by Gasteiger charge is -2.38. The Kier molecular flexibility index (Phi) is 11.4. The van der Waals surface area contributed by atoms with Crippen molar-refractivity contribution in [3.8, 4) is 0 Å². The Morgan fingerprint density at radius 3 is 1.55 bits per heavy atom. The van der Waals surface area contributed by atoms with E-state index in [4.69, 9.17) is 51.2 Å². The maximum absolute atomic E-state index is 9.10. The maximum atomic E-state index is 9.10. The van der Waals surface area contributed by atoms with E-state index >= 15 is 0 Å². The fourth-order valence-corrected chi connectivity index (χ4v) is 3.13. The van der Waals surface area contributed by atoms with E-state index in [0.29, 0.717) is 0 Å². The summed E-state index contributed by atoms with van der Waals surface area (Å²) in [4.78, 5) is 41.2. The topological polar surface area (TPSA) is 156 Å². The van der Waals surface area contributed by atoms with E-state index in [1.54, 1.807) is 0 Å². The van der Waals surface area contributed by atoms with Gasteiger partial charge in [0.1, 0.15) is 5.50 Å². The highest BCUT2D eigenvalue weighted by molar-refractivity contribution is 6.27. The van der Waals surface area contributed by atoms with Crippen molar-refractivity contribution in [1.29, 1.82) is 0 Å². The number of halogens is 1. The van der Waals surface area contributed by atoms with Crippen LogP contribution in [0.2, 0.25) is 0 Å². The molecule has 1 aliphatic heterocycles. The van der Waals surface area contributed by atoms with Gasteiger partial charge in [-0.3, -0.25) is 4.90 Å². The summed E-state index contributed by atoms with van der Waals surface area (Å²) in [5.74, 6) is -7.30. The fraction of sp³-hybridized carbons (Fsp3) is 0.273. The molecular weight excluding hydrogens is 456 g/mol. The molecule has 1 heterocycles. The van der Waals surface area contributed by atoms with E-state index in [1.165, 1.54) is 16.8 Å². The first-order valence-electron chi connectivity index (χ1n) is 9.70. The number of carboxylic acid groups (broad SMARTS) is 4. The number of aliphatic carboxylic acids is 4. The number of carboxylic acids is 4. The molecule has 1 aliphatic rings. The van der Waals surface area contributed by atoms with Gasteiger partial charge in [0.2, 0.25) is 0 Å². The number of hydrogen-bond donors (Lipinski definition) is 4. The first-order valence-corrected chi connectivity index (χ1v) is 10.1. The molecule has 2 aromatic carbocycles. The van der Waals surface area contributed by atoms with Crippen LogP contribution in [0.1, 0.15) is 16.6 Å². The monoisotopic (exact) mass is 480 g/mol. The van der Waals surface area contributed by atoms with Gasteiger partial charge in [-0.1, -0.05) is 48.0 Å². The van der Waals surface area contributed by atoms with Crippen LogP contribution in [-0.4, -0.2) is 75.4 Å². The van der Waals surface area contributed by atoms with Gasteiger partial charge >= 0.3 is 23.9 Å². The molecule has 0 aromatic heterocycles. The Hall–Kier alpha value is -3.63. The smallest absolute Gasteiger partial charge is 0.414 e. The SMILES string of the molecule is Cc1ccc(N2CCN(C(Cl)c3ccccc3)CC2)cc1.O=C(O)C(=O)O.O=C(O)C(=O)O. The molecule has 0 amide bonds. The van der Waals surface area contributed by atoms with E-state index in [-0.39, 0.29) is 5.50 Å². The molecule has 1 saturated heterocycles. The van der Waals surface area contributed by atoms with Crippen molar-refractivity contribution >= 4 is 41.2 Å². The van der Waals surface area contributed by atoms with Crippen molar-refractivity contribution in [1.82, 2.24) is 4.90 Å². The zero-order valence-electron chi connectivity index (χ0n) is 17.8. The second kappa shape index (κ2) is 13.7. The Morgan fingerprint density at radius 1 is 0.727 bits per heavy atom. The Bertz CT molecular complexity index is 881. The highest BCUT2D eigenvalue weighted by Gasteiger charge is 2.23. The molecule has 4 N–H and O–H groups in total. The number of carbonyl (C=O) groups is 4. The summed E-state index contributed by atoms with van der Waals surface area (Å²) in [5, 5.41) is 29.6. The quantitative estimate of drug-likeness (QED) is 0.292. The third-order valence-corrected chi connectivity index (χ3v) is 5.00. The van der Waals surface area contributed by atoms with Crippen molar-refractivity contribution in [2.24, 2.45) is 0 Å². The highest BCUT2D eigenvalue weighted by Crippen LogP contribution is 2.27. The van der Waals surface area contributed by atoms with Crippen molar-refractivity contribution in [2.75, 3.05) is 31.1 Å². The lowest BCUT2D eigenvalue weighted by atomic mass is 10.1. The summed E-state index contributed by atoms with van der Waals surface area (Å²) in [6, 6.07) is 19.1. The van der Waals surface area contributed by atoms with E-state index in [1.807, 2.05) is 18.2 Å². The molecule has 0 saturated carbocycles. The average Bonchev–Trinajstić information content (AvgIpc) is 2.80. The average molecular weight is 481 g/mol. The Morgan fingerprint density at radius 2 is 1.15 bits per heavy atom. The van der Waals surface area contributed by atoms with Gasteiger partial charge in [-0.2, -0.15) is 0 Å². The maximum Gasteiger partial charge on any atom is 0.414 e. The zero-order valence-corrected chi connectivity index (χ0v) is 18.6. The molecule has 178 valence electrons. The largest absolute Gasteiger partial charge is 0.473 e. The van der Waals surface area contributed by atoms with Crippen LogP contribution >= 0.6 is 11.6 Å². The van der Waals surface area contributed by atoms with Gasteiger partial charge < -0.3 is 25.3 Å². The predicted molar refractivity (Wildman–Crippen MR) is 121 cm³/mol. The molecule has 1 atom stereocenters. The lowest BCUT2D eigenvalue weighted by Crippen LogP contribution is -2.46. The molecule has 11 heteroatoms. The van der Waals surface area contributed by atoms with Crippen molar-refractivity contribution in [3.05, 3.63) is 65.7 Å². The van der Waals surface area contributed by atoms with Crippen LogP contribution in [0.25, 0.3) is 0 Å². The predicted octanol–water partition coefficient (Wildman–Crippen LogP) is 2.37. The van der Waals surface area contributed by atoms with Gasteiger partial charge in [0.25, 0.3) is 0 Å². The summed E-state index contributed by atoms with van der Waals surface area (Å²) in [6.45, 7) is 6.17. The second-order valence-corrected chi connectivity index (χ2v) is 7.24. The van der Waals surface area contributed by atoms with Crippen LogP contribution in [0.5, 0.6) is 0 Å². The minimum Gasteiger partial charge on any atom is -0.473 e. The van der Waals surface area contributed by atoms with Crippen molar-refractivity contribution < 1.29 is 39.6 Å². The van der Waals surface area contributed by atoms with E-state index < -0.39 is 23.9 Å². The fourth-order valence-electron chi connectivity index (χ4n) is 2.79. The Labute approximate surface area is 195 Å². The van der Waals surface area contributed by atoms with E-state index in [2.05, 4.69) is 53.1 Å². The first-order chi connectivity index (χ1) is 15.5. The molecule has 33 heavy (non-hydrogen) atoms. The van der Waals surface area contributed by atoms with Gasteiger partial charge in [-0.25, -0.2) is 19.2 Å². The molecule has 1 unspecified atom stereocenters. The number of hydrogen-bond acceptors (Lipinski definition) is 6. The van der Waals surface area contributed by atoms with Crippen molar-refractivity contribution in [2.45, 2.75) is 12.4 Å². The number of rotatable bonds is 3. The van der Waals surface area contributed by atoms with Gasteiger partial charge in [-0.05, 0) is 24.6 Å². The number of benzene rings is 2. The minimum atomic E-state index is -1.82. The van der Waals surface area contributed by atoms with Gasteiger partial charge in [-0.15, -0.1) is 11.6 Å². The number of nitrogens with zero attached hydrogens (tertiary/aromatic N) is 2. The van der Waals surface area contributed by atoms with Crippen molar-refractivity contribution in [3.63, 3.8) is 0 Å². The van der Waals surface area contributed by atoms with Crippen LogP contribution in [-0.2, 0) is 19.2 Å². The number of alkyl halides is 1. The summed E-state index contributed by atoms with van der Waals surface area (Å²) in [5.41, 5.74) is 3.78. The molecule has 2 aromatic rings. The second-order valence-electron chi connectivity index (χ2n) is 6.83. The number of aryl methyl sites for hydroxylation is 1. The number of anilines is 1. The minimum absolute atomic E-state index is 0.0219. The molecule has 0 spiro atoms. The summed E-state index contributed by atoms with van der Waals surface area (Å²) >= 11 is 6.61. The summed E-state index contributed by atoms with van der Waals surface area (Å²) in [6.07, 6.45) is 0. The summed E-state index contributed by atoms with van der Waals surface area (Å²) in [7, 11) is 0. The van der Waals surface area contributed by atoms with E-state index in [9.17, 15) is 0 Å². The third-order valence-electron chi connectivity index (χ3n) is 4.47. The normalized spacial score (nSPS) is 13.9. The van der Waals surface area contributed by atoms with Gasteiger partial charge in [0.15, 0.2) is 0 Å². The molecular formula is C22H25ClN2O8. The van der Waals surface area contributed by atoms with Crippen LogP contribution in [0.4, 0.5) is 5.69 Å². The van der Waals surface area contributed by atoms with E-state index in [0.717, 1.165) is 26.2 Å². The lowest BCUT2D eigenvalue weighted by molar-refractivity contribution is -0.159. The van der Waals surface area contributed by atoms with Gasteiger partial charge in [0.05, 0.1) is 0 Å². The zero-order chi connectivity index (χ0) is 25.0. The van der Waals surface area contributed by atoms with Crippen LogP contribution in [0, 0.1) is 6.92 Å². The molecule has 0 radical (unpaired) electrons. The molecule has 1 fully saturated rings. The molecule has 0 bridgehead atoms. The first kappa shape index (κ1) is 27.4. The molecule has 0 aliphatic carbocycles. The van der Waals surface area contributed by atoms with Crippen LogP contribution < -0.4 is 4.90 Å². The van der Waals surface area contributed by atoms with Crippen LogP contribution in [0.15, 0.2) is 54.6 Å². The highest BCUT2D eigenvalue weighted by atomic mass is 35.5. The molecule has 10 nitrogen and oxygen atoms in total. The third kappa shape index (κ3) is 10.0. The standard InChI is InChI=1S/C18H21ClN2.2C2H2O4/c1-15-7-9-17(10-8-15)20-11-13-21(14-12-20)18(19)16-5-3-2-4-6-16;2*3-1(4)2(5)6/h2-10,18H,11-14H2,1H3;2*(H,3,4)(H,5,6). The summed E-state index contributed by atoms with van der Waals surface area (Å²) < 4.78 is 0.